The number of hydrogen-bond donors (Lipinski definition) is 2. The molecule has 2 heterocycles. The van der Waals surface area contributed by atoms with E-state index in [1.165, 1.54) is 6.42 Å². The van der Waals surface area contributed by atoms with Gasteiger partial charge in [-0.3, -0.25) is 10.2 Å². The van der Waals surface area contributed by atoms with Crippen molar-refractivity contribution in [3.63, 3.8) is 0 Å². The maximum absolute atomic E-state index is 13.2. The van der Waals surface area contributed by atoms with E-state index in [1.54, 1.807) is 22.9 Å². The summed E-state index contributed by atoms with van der Waals surface area (Å²) in [6.45, 7) is 3.71. The summed E-state index contributed by atoms with van der Waals surface area (Å²) in [5.41, 5.74) is 7.30. The number of piperidine rings is 1. The minimum Gasteiger partial charge on any atom is -0.396 e. The molecule has 4 rings (SSSR count). The molecule has 0 spiro atoms. The van der Waals surface area contributed by atoms with Gasteiger partial charge in [0.05, 0.1) is 16.4 Å². The van der Waals surface area contributed by atoms with E-state index in [1.807, 2.05) is 36.2 Å². The Morgan fingerprint density at radius 1 is 1.11 bits per heavy atom. The van der Waals surface area contributed by atoms with Crippen molar-refractivity contribution in [2.24, 2.45) is 0 Å². The van der Waals surface area contributed by atoms with Crippen LogP contribution in [0.2, 0.25) is 10.0 Å². The van der Waals surface area contributed by atoms with E-state index in [9.17, 15) is 4.79 Å². The molecule has 1 amide bonds. The highest BCUT2D eigenvalue weighted by molar-refractivity contribution is 6.35. The van der Waals surface area contributed by atoms with Crippen LogP contribution in [0.5, 0.6) is 0 Å². The molecular formula is C27H28Cl2N4O2. The fourth-order valence-corrected chi connectivity index (χ4v) is 4.61. The second kappa shape index (κ2) is 11.7. The van der Waals surface area contributed by atoms with Crippen LogP contribution in [0.3, 0.4) is 0 Å². The van der Waals surface area contributed by atoms with Gasteiger partial charge in [0.1, 0.15) is 0 Å². The number of aliphatic hydroxyl groups excluding tert-OH is 1. The summed E-state index contributed by atoms with van der Waals surface area (Å²) >= 11 is 12.7. The van der Waals surface area contributed by atoms with Crippen LogP contribution in [-0.2, 0) is 0 Å². The largest absolute Gasteiger partial charge is 0.396 e. The molecule has 0 bridgehead atoms. The molecule has 1 aliphatic rings. The predicted molar refractivity (Wildman–Crippen MR) is 140 cm³/mol. The average molecular weight is 511 g/mol. The molecule has 1 fully saturated rings. The molecule has 1 aromatic heterocycles. The van der Waals surface area contributed by atoms with Gasteiger partial charge in [0, 0.05) is 47.8 Å². The Kier molecular flexibility index (Phi) is 8.48. The Bertz CT molecular complexity index is 1250. The minimum atomic E-state index is -0.235. The number of rotatable bonds is 6. The number of benzene rings is 2. The number of nitrogens with one attached hydrogen (secondary N) is 1. The zero-order valence-electron chi connectivity index (χ0n) is 19.7. The Morgan fingerprint density at radius 2 is 1.86 bits per heavy atom. The number of nitrogens with zero attached hydrogens (tertiary/aromatic N) is 3. The van der Waals surface area contributed by atoms with E-state index in [2.05, 4.69) is 17.3 Å². The Morgan fingerprint density at radius 3 is 2.54 bits per heavy atom. The first-order valence-corrected chi connectivity index (χ1v) is 12.5. The Labute approximate surface area is 215 Å². The molecule has 0 saturated carbocycles. The molecule has 0 atom stereocenters. The van der Waals surface area contributed by atoms with Crippen LogP contribution in [0.4, 0.5) is 0 Å². The second-order valence-electron chi connectivity index (χ2n) is 8.52. The van der Waals surface area contributed by atoms with E-state index in [4.69, 9.17) is 33.4 Å². The van der Waals surface area contributed by atoms with Crippen molar-refractivity contribution in [3.8, 4) is 28.8 Å². The van der Waals surface area contributed by atoms with Crippen molar-refractivity contribution in [2.45, 2.75) is 39.0 Å². The first kappa shape index (κ1) is 25.3. The van der Waals surface area contributed by atoms with Crippen LogP contribution >= 0.6 is 23.2 Å². The lowest BCUT2D eigenvalue weighted by atomic mass is 10.0. The smallest absolute Gasteiger partial charge is 0.286 e. The van der Waals surface area contributed by atoms with E-state index in [0.29, 0.717) is 34.3 Å². The molecule has 3 aromatic rings. The van der Waals surface area contributed by atoms with Gasteiger partial charge < -0.3 is 5.11 Å². The molecule has 2 N–H and O–H groups in total. The number of amides is 1. The Balaban J connectivity index is 1.72. The van der Waals surface area contributed by atoms with Gasteiger partial charge in [0.2, 0.25) is 0 Å². The minimum absolute atomic E-state index is 0.137. The van der Waals surface area contributed by atoms with Gasteiger partial charge in [-0.25, -0.2) is 9.69 Å². The summed E-state index contributed by atoms with van der Waals surface area (Å²) in [5.74, 6) is 5.94. The highest BCUT2D eigenvalue weighted by Gasteiger charge is 2.24. The Hall–Kier alpha value is -2.82. The predicted octanol–water partition coefficient (Wildman–Crippen LogP) is 5.41. The number of hydrazine groups is 1. The summed E-state index contributed by atoms with van der Waals surface area (Å²) in [4.78, 5) is 13.2. The number of aliphatic hydroxyl groups is 1. The number of hydrogen-bond acceptors (Lipinski definition) is 4. The van der Waals surface area contributed by atoms with Crippen molar-refractivity contribution in [1.82, 2.24) is 20.2 Å². The van der Waals surface area contributed by atoms with Crippen LogP contribution in [0, 0.1) is 18.8 Å². The van der Waals surface area contributed by atoms with E-state index >= 15 is 0 Å². The number of aromatic nitrogens is 2. The van der Waals surface area contributed by atoms with Crippen LogP contribution in [0.15, 0.2) is 42.5 Å². The van der Waals surface area contributed by atoms with Crippen molar-refractivity contribution in [2.75, 3.05) is 19.7 Å². The third-order valence-electron chi connectivity index (χ3n) is 5.94. The molecule has 8 heteroatoms. The van der Waals surface area contributed by atoms with E-state index < -0.39 is 0 Å². The van der Waals surface area contributed by atoms with Gasteiger partial charge in [-0.15, -0.1) is 0 Å². The van der Waals surface area contributed by atoms with Crippen LogP contribution in [-0.4, -0.2) is 45.5 Å². The molecule has 6 nitrogen and oxygen atoms in total. The highest BCUT2D eigenvalue weighted by Crippen LogP contribution is 2.33. The summed E-state index contributed by atoms with van der Waals surface area (Å²) in [6.07, 6.45) is 4.62. The number of halogens is 2. The molecule has 35 heavy (non-hydrogen) atoms. The van der Waals surface area contributed by atoms with Crippen molar-refractivity contribution in [1.29, 1.82) is 0 Å². The number of carbonyl (C=O) groups is 1. The maximum Gasteiger partial charge on any atom is 0.286 e. The first-order chi connectivity index (χ1) is 17.0. The molecule has 1 saturated heterocycles. The summed E-state index contributed by atoms with van der Waals surface area (Å²) < 4.78 is 1.71. The zero-order chi connectivity index (χ0) is 24.8. The third kappa shape index (κ3) is 6.06. The van der Waals surface area contributed by atoms with Crippen LogP contribution < -0.4 is 5.43 Å². The molecule has 0 unspecified atom stereocenters. The number of carbonyl (C=O) groups excluding carboxylic acids is 1. The summed E-state index contributed by atoms with van der Waals surface area (Å²) in [7, 11) is 0. The van der Waals surface area contributed by atoms with Gasteiger partial charge in [0.25, 0.3) is 5.91 Å². The fraction of sp³-hybridized carbons (Fsp3) is 0.333. The SMILES string of the molecule is Cc1c(C(=O)NN2CCCCC2)nn(-c2ccc(Cl)cc2Cl)c1-c1ccc(C#CCCCO)cc1. The van der Waals surface area contributed by atoms with Gasteiger partial charge in [-0.1, -0.05) is 53.6 Å². The lowest BCUT2D eigenvalue weighted by Gasteiger charge is -2.26. The monoisotopic (exact) mass is 510 g/mol. The molecule has 0 radical (unpaired) electrons. The fourth-order valence-electron chi connectivity index (χ4n) is 4.12. The molecular weight excluding hydrogens is 483 g/mol. The van der Waals surface area contributed by atoms with Crippen molar-refractivity contribution >= 4 is 29.1 Å². The first-order valence-electron chi connectivity index (χ1n) is 11.8. The van der Waals surface area contributed by atoms with E-state index in [-0.39, 0.29) is 12.5 Å². The van der Waals surface area contributed by atoms with Gasteiger partial charge in [-0.2, -0.15) is 5.10 Å². The van der Waals surface area contributed by atoms with Crippen LogP contribution in [0.1, 0.15) is 53.7 Å². The van der Waals surface area contributed by atoms with Crippen molar-refractivity contribution in [3.05, 3.63) is 69.3 Å². The lowest BCUT2D eigenvalue weighted by Crippen LogP contribution is -2.45. The lowest BCUT2D eigenvalue weighted by molar-refractivity contribution is 0.0743. The third-order valence-corrected chi connectivity index (χ3v) is 6.48. The van der Waals surface area contributed by atoms with Crippen LogP contribution in [0.25, 0.3) is 16.9 Å². The molecule has 182 valence electrons. The van der Waals surface area contributed by atoms with Gasteiger partial charge in [0.15, 0.2) is 5.69 Å². The zero-order valence-corrected chi connectivity index (χ0v) is 21.2. The quantitative estimate of drug-likeness (QED) is 0.343. The molecule has 2 aromatic carbocycles. The highest BCUT2D eigenvalue weighted by atomic mass is 35.5. The average Bonchev–Trinajstić information content (AvgIpc) is 3.19. The van der Waals surface area contributed by atoms with E-state index in [0.717, 1.165) is 48.3 Å². The normalized spacial score (nSPS) is 13.8. The molecule has 1 aliphatic heterocycles. The number of unbranched alkanes of at least 4 members (excludes halogenated alkanes) is 1. The maximum atomic E-state index is 13.2. The van der Waals surface area contributed by atoms with Crippen molar-refractivity contribution < 1.29 is 9.90 Å². The summed E-state index contributed by atoms with van der Waals surface area (Å²) in [5, 5.41) is 16.5. The summed E-state index contributed by atoms with van der Waals surface area (Å²) in [6, 6.07) is 13.0. The second-order valence-corrected chi connectivity index (χ2v) is 9.37. The molecule has 0 aliphatic carbocycles. The standard InChI is InChI=1S/C27H28Cl2N4O2/c1-19-25(27(35)31-32-15-5-3-6-16-32)30-33(24-14-13-22(28)18-23(24)29)26(19)21-11-9-20(10-12-21)8-4-2-7-17-34/h9-14,18,34H,2-3,5-7,15-17H2,1H3,(H,31,35). The topological polar surface area (TPSA) is 70.4 Å². The van der Waals surface area contributed by atoms with Gasteiger partial charge >= 0.3 is 0 Å². The van der Waals surface area contributed by atoms with Gasteiger partial charge in [-0.05, 0) is 56.5 Å².